The van der Waals surface area contributed by atoms with Crippen LogP contribution in [0.1, 0.15) is 97.8 Å². The van der Waals surface area contributed by atoms with Gasteiger partial charge in [-0.2, -0.15) is 0 Å². The highest BCUT2D eigenvalue weighted by molar-refractivity contribution is 4.47. The van der Waals surface area contributed by atoms with E-state index in [1.807, 2.05) is 5.17 Å². The molecule has 0 aromatic rings. The maximum atomic E-state index is 5.78. The number of hydrazine groups is 1. The summed E-state index contributed by atoms with van der Waals surface area (Å²) in [5, 5.41) is 1.93. The van der Waals surface area contributed by atoms with Crippen molar-refractivity contribution in [2.24, 2.45) is 0 Å². The number of hydroxylamine groups is 1. The summed E-state index contributed by atoms with van der Waals surface area (Å²) >= 11 is 0. The molecule has 0 saturated carbocycles. The van der Waals surface area contributed by atoms with Crippen molar-refractivity contribution in [3.8, 4) is 0 Å². The van der Waals surface area contributed by atoms with Crippen molar-refractivity contribution in [1.29, 1.82) is 0 Å². The van der Waals surface area contributed by atoms with E-state index >= 15 is 0 Å². The Morgan fingerprint density at radius 1 is 0.667 bits per heavy atom. The van der Waals surface area contributed by atoms with Gasteiger partial charge in [-0.05, 0) is 19.3 Å². The van der Waals surface area contributed by atoms with Crippen LogP contribution < -0.4 is 5.43 Å². The van der Waals surface area contributed by atoms with Gasteiger partial charge in [-0.3, -0.25) is 4.84 Å². The zero-order valence-corrected chi connectivity index (χ0v) is 15.0. The number of hydrogen-bond acceptors (Lipinski definition) is 3. The van der Waals surface area contributed by atoms with Crippen LogP contribution in [0.3, 0.4) is 0 Å². The third-order valence-electron chi connectivity index (χ3n) is 3.71. The first-order valence-electron chi connectivity index (χ1n) is 9.49. The molecule has 0 radical (unpaired) electrons. The van der Waals surface area contributed by atoms with E-state index in [4.69, 9.17) is 4.84 Å². The minimum Gasteiger partial charge on any atom is -0.284 e. The van der Waals surface area contributed by atoms with Crippen molar-refractivity contribution in [3.05, 3.63) is 0 Å². The molecule has 0 heterocycles. The molecule has 3 heteroatoms. The van der Waals surface area contributed by atoms with Gasteiger partial charge in [0.05, 0.1) is 6.61 Å². The quantitative estimate of drug-likeness (QED) is 0.285. The van der Waals surface area contributed by atoms with Gasteiger partial charge < -0.3 is 0 Å². The van der Waals surface area contributed by atoms with E-state index in [-0.39, 0.29) is 0 Å². The molecule has 0 aliphatic heterocycles. The van der Waals surface area contributed by atoms with Crippen LogP contribution in [0.25, 0.3) is 0 Å². The minimum atomic E-state index is 0.854. The predicted molar refractivity (Wildman–Crippen MR) is 93.1 cm³/mol. The van der Waals surface area contributed by atoms with E-state index in [1.54, 1.807) is 0 Å². The second-order valence-corrected chi connectivity index (χ2v) is 6.03. The molecule has 3 nitrogen and oxygen atoms in total. The smallest absolute Gasteiger partial charge is 0.0701 e. The lowest BCUT2D eigenvalue weighted by Crippen LogP contribution is -2.39. The van der Waals surface area contributed by atoms with Crippen molar-refractivity contribution in [1.82, 2.24) is 10.6 Å². The van der Waals surface area contributed by atoms with E-state index in [1.165, 1.54) is 64.2 Å². The molecule has 0 saturated heterocycles. The molecule has 0 aromatic heterocycles. The minimum absolute atomic E-state index is 0.854. The first-order valence-corrected chi connectivity index (χ1v) is 9.49. The fourth-order valence-electron chi connectivity index (χ4n) is 2.39. The van der Waals surface area contributed by atoms with E-state index in [0.717, 1.165) is 32.5 Å². The molecule has 0 bridgehead atoms. The Morgan fingerprint density at radius 3 is 1.76 bits per heavy atom. The van der Waals surface area contributed by atoms with Crippen LogP contribution in [0.4, 0.5) is 0 Å². The van der Waals surface area contributed by atoms with Crippen molar-refractivity contribution in [2.45, 2.75) is 97.8 Å². The summed E-state index contributed by atoms with van der Waals surface area (Å²) in [6, 6.07) is 0. The van der Waals surface area contributed by atoms with E-state index in [0.29, 0.717) is 0 Å². The number of nitrogens with one attached hydrogen (secondary N) is 1. The average molecular weight is 301 g/mol. The van der Waals surface area contributed by atoms with Crippen LogP contribution in [0.2, 0.25) is 0 Å². The van der Waals surface area contributed by atoms with Crippen LogP contribution in [-0.2, 0) is 4.84 Å². The Bertz CT molecular complexity index is 188. The molecule has 0 rings (SSSR count). The van der Waals surface area contributed by atoms with Crippen molar-refractivity contribution in [3.63, 3.8) is 0 Å². The van der Waals surface area contributed by atoms with Gasteiger partial charge in [-0.1, -0.05) is 78.6 Å². The van der Waals surface area contributed by atoms with Crippen LogP contribution >= 0.6 is 0 Å². The summed E-state index contributed by atoms with van der Waals surface area (Å²) in [6.07, 6.45) is 16.0. The first-order chi connectivity index (χ1) is 10.3. The molecule has 128 valence electrons. The molecule has 21 heavy (non-hydrogen) atoms. The number of rotatable bonds is 17. The van der Waals surface area contributed by atoms with Crippen LogP contribution in [0.15, 0.2) is 0 Å². The molecule has 0 atom stereocenters. The van der Waals surface area contributed by atoms with Gasteiger partial charge >= 0.3 is 0 Å². The second kappa shape index (κ2) is 17.9. The van der Waals surface area contributed by atoms with E-state index in [2.05, 4.69) is 26.2 Å². The Morgan fingerprint density at radius 2 is 1.24 bits per heavy atom. The molecular weight excluding hydrogens is 260 g/mol. The summed E-state index contributed by atoms with van der Waals surface area (Å²) in [5.74, 6) is 0. The fourth-order valence-corrected chi connectivity index (χ4v) is 2.39. The van der Waals surface area contributed by atoms with Crippen LogP contribution in [-0.4, -0.2) is 24.9 Å². The number of hydrogen-bond donors (Lipinski definition) is 1. The largest absolute Gasteiger partial charge is 0.284 e. The lowest BCUT2D eigenvalue weighted by molar-refractivity contribution is -0.196. The van der Waals surface area contributed by atoms with E-state index < -0.39 is 0 Å². The molecular formula is C18H40N2O. The Hall–Kier alpha value is -0.120. The maximum absolute atomic E-state index is 5.78. The lowest BCUT2D eigenvalue weighted by Gasteiger charge is -2.21. The molecule has 0 fully saturated rings. The zero-order valence-electron chi connectivity index (χ0n) is 15.0. The third-order valence-corrected chi connectivity index (χ3v) is 3.71. The standard InChI is InChI=1S/C18H40N2O/c1-4-7-8-9-10-11-12-13-14-15-18-21-20(17-6-3)19-16-5-2/h19H,4-18H2,1-3H3. The van der Waals surface area contributed by atoms with Gasteiger partial charge in [-0.25, -0.2) is 5.43 Å². The maximum Gasteiger partial charge on any atom is 0.0701 e. The van der Waals surface area contributed by atoms with Gasteiger partial charge in [0.2, 0.25) is 0 Å². The normalized spacial score (nSPS) is 11.4. The summed E-state index contributed by atoms with van der Waals surface area (Å²) in [7, 11) is 0. The molecule has 0 spiro atoms. The van der Waals surface area contributed by atoms with Gasteiger partial charge in [-0.15, -0.1) is 5.17 Å². The third kappa shape index (κ3) is 16.1. The zero-order chi connectivity index (χ0) is 15.6. The van der Waals surface area contributed by atoms with Crippen LogP contribution in [0.5, 0.6) is 0 Å². The SMILES string of the molecule is CCCCCCCCCCCCON(CCC)NCCC. The van der Waals surface area contributed by atoms with Gasteiger partial charge in [0, 0.05) is 13.1 Å². The Kier molecular flexibility index (Phi) is 17.8. The van der Waals surface area contributed by atoms with Crippen molar-refractivity contribution in [2.75, 3.05) is 19.7 Å². The molecule has 0 aliphatic carbocycles. The van der Waals surface area contributed by atoms with Gasteiger partial charge in [0.15, 0.2) is 0 Å². The first kappa shape index (κ1) is 20.9. The van der Waals surface area contributed by atoms with Gasteiger partial charge in [0.25, 0.3) is 0 Å². The molecule has 1 N–H and O–H groups in total. The molecule has 0 aliphatic rings. The number of nitrogens with zero attached hydrogens (tertiary/aromatic N) is 1. The molecule has 0 unspecified atom stereocenters. The summed E-state index contributed by atoms with van der Waals surface area (Å²) < 4.78 is 0. The highest BCUT2D eigenvalue weighted by Gasteiger charge is 2.02. The Labute approximate surface area is 133 Å². The topological polar surface area (TPSA) is 24.5 Å². The van der Waals surface area contributed by atoms with E-state index in [9.17, 15) is 0 Å². The summed E-state index contributed by atoms with van der Waals surface area (Å²) in [5.41, 5.74) is 3.32. The average Bonchev–Trinajstić information content (AvgIpc) is 2.50. The highest BCUT2D eigenvalue weighted by Crippen LogP contribution is 2.10. The molecule has 0 aromatic carbocycles. The van der Waals surface area contributed by atoms with Crippen LogP contribution in [0, 0.1) is 0 Å². The lowest BCUT2D eigenvalue weighted by atomic mass is 10.1. The summed E-state index contributed by atoms with van der Waals surface area (Å²) in [4.78, 5) is 5.78. The predicted octanol–water partition coefficient (Wildman–Crippen LogP) is 5.47. The van der Waals surface area contributed by atoms with Gasteiger partial charge in [0.1, 0.15) is 0 Å². The molecule has 0 amide bonds. The summed E-state index contributed by atoms with van der Waals surface area (Å²) in [6.45, 7) is 9.47. The van der Waals surface area contributed by atoms with Crippen molar-refractivity contribution < 1.29 is 4.84 Å². The fraction of sp³-hybridized carbons (Fsp3) is 1.00. The highest BCUT2D eigenvalue weighted by atomic mass is 16.7. The second-order valence-electron chi connectivity index (χ2n) is 6.03. The van der Waals surface area contributed by atoms with Crippen molar-refractivity contribution >= 4 is 0 Å². The number of unbranched alkanes of at least 4 members (excludes halogenated alkanes) is 9. The Balaban J connectivity index is 3.25. The monoisotopic (exact) mass is 300 g/mol.